The first-order valence-corrected chi connectivity index (χ1v) is 7.38. The van der Waals surface area contributed by atoms with Gasteiger partial charge in [-0.15, -0.1) is 0 Å². The number of aromatic nitrogens is 1. The van der Waals surface area contributed by atoms with E-state index >= 15 is 0 Å². The standard InChI is InChI=1S/C11H18N2O5S/c1-5-11(6-2,10(14)15)13-19(16,17)9-7(3)12-18-8(9)4/h13H,5-6H2,1-4H3,(H,14,15). The van der Waals surface area contributed by atoms with Crippen LogP contribution in [-0.4, -0.2) is 30.2 Å². The van der Waals surface area contributed by atoms with Crippen LogP contribution in [0.4, 0.5) is 0 Å². The predicted octanol–water partition coefficient (Wildman–Crippen LogP) is 1.21. The highest BCUT2D eigenvalue weighted by Crippen LogP contribution is 2.24. The number of hydrogen-bond donors (Lipinski definition) is 2. The Hall–Kier alpha value is -1.41. The molecule has 1 rings (SSSR count). The monoisotopic (exact) mass is 290 g/mol. The number of carboxylic acids is 1. The third-order valence-corrected chi connectivity index (χ3v) is 4.96. The molecule has 0 saturated heterocycles. The highest BCUT2D eigenvalue weighted by atomic mass is 32.2. The van der Waals surface area contributed by atoms with E-state index in [2.05, 4.69) is 9.88 Å². The summed E-state index contributed by atoms with van der Waals surface area (Å²) in [6.45, 7) is 6.20. The van der Waals surface area contributed by atoms with Gasteiger partial charge < -0.3 is 9.63 Å². The van der Waals surface area contributed by atoms with Crippen molar-refractivity contribution in [1.82, 2.24) is 9.88 Å². The van der Waals surface area contributed by atoms with Gasteiger partial charge in [0, 0.05) is 0 Å². The van der Waals surface area contributed by atoms with Crippen molar-refractivity contribution in [2.45, 2.75) is 51.0 Å². The second kappa shape index (κ2) is 5.30. The SMILES string of the molecule is CCC(CC)(NS(=O)(=O)c1c(C)noc1C)C(=O)O. The van der Waals surface area contributed by atoms with Crippen molar-refractivity contribution in [3.8, 4) is 0 Å². The van der Waals surface area contributed by atoms with E-state index in [9.17, 15) is 18.3 Å². The Balaban J connectivity index is 3.27. The lowest BCUT2D eigenvalue weighted by Crippen LogP contribution is -2.53. The molecule has 0 unspecified atom stereocenters. The van der Waals surface area contributed by atoms with E-state index in [0.29, 0.717) is 0 Å². The van der Waals surface area contributed by atoms with Crippen LogP contribution >= 0.6 is 0 Å². The van der Waals surface area contributed by atoms with Crippen LogP contribution in [0.1, 0.15) is 38.1 Å². The number of sulfonamides is 1. The Bertz CT molecular complexity index is 552. The second-order valence-electron chi connectivity index (χ2n) is 4.35. The van der Waals surface area contributed by atoms with Gasteiger partial charge in [-0.3, -0.25) is 4.79 Å². The van der Waals surface area contributed by atoms with E-state index in [1.165, 1.54) is 13.8 Å². The maximum Gasteiger partial charge on any atom is 0.324 e. The largest absolute Gasteiger partial charge is 0.480 e. The zero-order chi connectivity index (χ0) is 14.8. The minimum atomic E-state index is -3.99. The molecule has 0 radical (unpaired) electrons. The van der Waals surface area contributed by atoms with Crippen molar-refractivity contribution < 1.29 is 22.8 Å². The van der Waals surface area contributed by atoms with Crippen molar-refractivity contribution in [2.75, 3.05) is 0 Å². The molecule has 108 valence electrons. The molecule has 0 aromatic carbocycles. The molecule has 0 bridgehead atoms. The van der Waals surface area contributed by atoms with Crippen LogP contribution in [-0.2, 0) is 14.8 Å². The zero-order valence-corrected chi connectivity index (χ0v) is 12.2. The first-order valence-electron chi connectivity index (χ1n) is 5.90. The van der Waals surface area contributed by atoms with E-state index in [1.807, 2.05) is 0 Å². The van der Waals surface area contributed by atoms with Crippen molar-refractivity contribution in [3.05, 3.63) is 11.5 Å². The summed E-state index contributed by atoms with van der Waals surface area (Å²) < 4.78 is 31.7. The maximum atomic E-state index is 12.3. The molecule has 0 fully saturated rings. The average molecular weight is 290 g/mol. The third kappa shape index (κ3) is 2.79. The maximum absolute atomic E-state index is 12.3. The average Bonchev–Trinajstić information content (AvgIpc) is 2.66. The molecule has 8 heteroatoms. The van der Waals surface area contributed by atoms with E-state index in [0.717, 1.165) is 0 Å². The van der Waals surface area contributed by atoms with E-state index < -0.39 is 21.5 Å². The van der Waals surface area contributed by atoms with Crippen LogP contribution in [0.5, 0.6) is 0 Å². The fourth-order valence-corrected chi connectivity index (χ4v) is 3.74. The Morgan fingerprint density at radius 3 is 2.21 bits per heavy atom. The van der Waals surface area contributed by atoms with E-state index in [-0.39, 0.29) is 29.2 Å². The summed E-state index contributed by atoms with van der Waals surface area (Å²) in [5.74, 6) is -1.07. The lowest BCUT2D eigenvalue weighted by Gasteiger charge is -2.27. The van der Waals surface area contributed by atoms with Gasteiger partial charge in [-0.2, -0.15) is 4.72 Å². The fraction of sp³-hybridized carbons (Fsp3) is 0.636. The molecular formula is C11H18N2O5S. The Kier molecular flexibility index (Phi) is 4.36. The van der Waals surface area contributed by atoms with Gasteiger partial charge in [0.1, 0.15) is 16.1 Å². The highest BCUT2D eigenvalue weighted by Gasteiger charge is 2.40. The number of aryl methyl sites for hydroxylation is 2. The summed E-state index contributed by atoms with van der Waals surface area (Å²) >= 11 is 0. The zero-order valence-electron chi connectivity index (χ0n) is 11.3. The van der Waals surface area contributed by atoms with Gasteiger partial charge in [-0.05, 0) is 26.7 Å². The molecule has 0 atom stereocenters. The molecule has 1 heterocycles. The highest BCUT2D eigenvalue weighted by molar-refractivity contribution is 7.89. The summed E-state index contributed by atoms with van der Waals surface area (Å²) in [5, 5.41) is 12.8. The Morgan fingerprint density at radius 1 is 1.37 bits per heavy atom. The number of carboxylic acid groups (broad SMARTS) is 1. The topological polar surface area (TPSA) is 110 Å². The first-order chi connectivity index (χ1) is 8.70. The molecule has 0 aliphatic heterocycles. The molecular weight excluding hydrogens is 272 g/mol. The summed E-state index contributed by atoms with van der Waals surface area (Å²) in [7, 11) is -3.99. The van der Waals surface area contributed by atoms with Gasteiger partial charge in [-0.1, -0.05) is 19.0 Å². The smallest absolute Gasteiger partial charge is 0.324 e. The first kappa shape index (κ1) is 15.6. The van der Waals surface area contributed by atoms with Gasteiger partial charge >= 0.3 is 5.97 Å². The van der Waals surface area contributed by atoms with Crippen LogP contribution in [0.15, 0.2) is 9.42 Å². The predicted molar refractivity (Wildman–Crippen MR) is 67.2 cm³/mol. The van der Waals surface area contributed by atoms with Gasteiger partial charge in [0.25, 0.3) is 0 Å². The van der Waals surface area contributed by atoms with Crippen molar-refractivity contribution in [3.63, 3.8) is 0 Å². The quantitative estimate of drug-likeness (QED) is 0.815. The summed E-state index contributed by atoms with van der Waals surface area (Å²) in [4.78, 5) is 11.2. The van der Waals surface area contributed by atoms with Crippen LogP contribution in [0, 0.1) is 13.8 Å². The molecule has 19 heavy (non-hydrogen) atoms. The number of aliphatic carboxylic acids is 1. The minimum absolute atomic E-state index is 0.0972. The molecule has 7 nitrogen and oxygen atoms in total. The molecule has 1 aromatic heterocycles. The van der Waals surface area contributed by atoms with Gasteiger partial charge in [-0.25, -0.2) is 8.42 Å². The van der Waals surface area contributed by atoms with Crippen molar-refractivity contribution >= 4 is 16.0 Å². The van der Waals surface area contributed by atoms with Crippen LogP contribution in [0.2, 0.25) is 0 Å². The van der Waals surface area contributed by atoms with Crippen molar-refractivity contribution in [2.24, 2.45) is 0 Å². The van der Waals surface area contributed by atoms with Crippen molar-refractivity contribution in [1.29, 1.82) is 0 Å². The molecule has 1 aromatic rings. The normalized spacial score (nSPS) is 12.6. The van der Waals surface area contributed by atoms with Gasteiger partial charge in [0.2, 0.25) is 10.0 Å². The number of hydrogen-bond acceptors (Lipinski definition) is 5. The number of nitrogens with zero attached hydrogens (tertiary/aromatic N) is 1. The number of rotatable bonds is 6. The van der Waals surface area contributed by atoms with Gasteiger partial charge in [0.15, 0.2) is 5.76 Å². The van der Waals surface area contributed by atoms with E-state index in [4.69, 9.17) is 4.52 Å². The second-order valence-corrected chi connectivity index (χ2v) is 5.97. The summed E-state index contributed by atoms with van der Waals surface area (Å²) in [6, 6.07) is 0. The molecule has 0 saturated carbocycles. The molecule has 2 N–H and O–H groups in total. The third-order valence-electron chi connectivity index (χ3n) is 3.18. The van der Waals surface area contributed by atoms with Gasteiger partial charge in [0.05, 0.1) is 0 Å². The molecule has 0 aliphatic rings. The van der Waals surface area contributed by atoms with Crippen LogP contribution < -0.4 is 4.72 Å². The fourth-order valence-electron chi connectivity index (χ4n) is 1.91. The molecule has 0 amide bonds. The summed E-state index contributed by atoms with van der Waals surface area (Å²) in [6.07, 6.45) is 0.281. The number of nitrogens with one attached hydrogen (secondary N) is 1. The lowest BCUT2D eigenvalue weighted by atomic mass is 9.95. The van der Waals surface area contributed by atoms with E-state index in [1.54, 1.807) is 13.8 Å². The minimum Gasteiger partial charge on any atom is -0.480 e. The van der Waals surface area contributed by atoms with Crippen LogP contribution in [0.3, 0.4) is 0 Å². The Morgan fingerprint density at radius 2 is 1.89 bits per heavy atom. The molecule has 0 aliphatic carbocycles. The molecule has 0 spiro atoms. The Labute approximate surface area is 112 Å². The van der Waals surface area contributed by atoms with Crippen LogP contribution in [0.25, 0.3) is 0 Å². The number of carbonyl (C=O) groups is 1. The lowest BCUT2D eigenvalue weighted by molar-refractivity contribution is -0.144. The summed E-state index contributed by atoms with van der Waals surface area (Å²) in [5.41, 5.74) is -1.31.